The molecule has 16 heavy (non-hydrogen) atoms. The molecule has 0 heterocycles. The first-order valence-corrected chi connectivity index (χ1v) is 5.52. The summed E-state index contributed by atoms with van der Waals surface area (Å²) in [6.07, 6.45) is 1.56. The molecule has 0 bridgehead atoms. The van der Waals surface area contributed by atoms with Gasteiger partial charge in [-0.2, -0.15) is 0 Å². The molecule has 0 atom stereocenters. The van der Waals surface area contributed by atoms with E-state index in [1.54, 1.807) is 12.1 Å². The first kappa shape index (κ1) is 12.7. The molecule has 1 aromatic carbocycles. The molecule has 0 aliphatic heterocycles. The fourth-order valence-corrected chi connectivity index (χ4v) is 2.10. The van der Waals surface area contributed by atoms with Crippen molar-refractivity contribution in [2.45, 2.75) is 38.5 Å². The third-order valence-electron chi connectivity index (χ3n) is 3.30. The second-order valence-corrected chi connectivity index (χ2v) is 4.06. The molecular weight excluding hydrogens is 207 g/mol. The highest BCUT2D eigenvalue weighted by molar-refractivity contribution is 5.69. The van der Waals surface area contributed by atoms with Crippen LogP contribution in [0.5, 0.6) is 0 Å². The van der Waals surface area contributed by atoms with Crippen LogP contribution < -0.4 is 0 Å². The van der Waals surface area contributed by atoms with Crippen molar-refractivity contribution in [3.63, 3.8) is 0 Å². The Bertz CT molecular complexity index is 353. The van der Waals surface area contributed by atoms with Crippen LogP contribution in [0.15, 0.2) is 24.3 Å². The number of rotatable bonds is 5. The van der Waals surface area contributed by atoms with Gasteiger partial charge in [-0.3, -0.25) is 4.79 Å². The minimum atomic E-state index is -0.812. The van der Waals surface area contributed by atoms with Gasteiger partial charge < -0.3 is 5.11 Å². The smallest absolute Gasteiger partial charge is 0.304 e. The van der Waals surface area contributed by atoms with E-state index < -0.39 is 5.97 Å². The molecule has 1 rings (SSSR count). The lowest BCUT2D eigenvalue weighted by atomic mass is 9.73. The Hall–Kier alpha value is -1.38. The molecule has 0 radical (unpaired) electrons. The first-order chi connectivity index (χ1) is 7.54. The predicted molar refractivity (Wildman–Crippen MR) is 60.9 cm³/mol. The average molecular weight is 224 g/mol. The summed E-state index contributed by atoms with van der Waals surface area (Å²) in [5.41, 5.74) is 0.529. The molecule has 0 aliphatic rings. The van der Waals surface area contributed by atoms with Gasteiger partial charge in [0.15, 0.2) is 0 Å². The predicted octanol–water partition coefficient (Wildman–Crippen LogP) is 3.36. The lowest BCUT2D eigenvalue weighted by Crippen LogP contribution is -2.27. The SMILES string of the molecule is CCC(CC)(CC(=O)O)c1ccc(F)cc1. The van der Waals surface area contributed by atoms with Crippen molar-refractivity contribution in [3.05, 3.63) is 35.6 Å². The molecule has 0 unspecified atom stereocenters. The van der Waals surface area contributed by atoms with Crippen LogP contribution >= 0.6 is 0 Å². The highest BCUT2D eigenvalue weighted by Crippen LogP contribution is 2.35. The second kappa shape index (κ2) is 5.10. The van der Waals surface area contributed by atoms with Crippen molar-refractivity contribution in [1.82, 2.24) is 0 Å². The van der Waals surface area contributed by atoms with Crippen LogP contribution in [-0.4, -0.2) is 11.1 Å². The molecule has 0 amide bonds. The molecule has 1 aromatic rings. The third-order valence-corrected chi connectivity index (χ3v) is 3.30. The Morgan fingerprint density at radius 3 is 2.12 bits per heavy atom. The van der Waals surface area contributed by atoms with E-state index in [1.807, 2.05) is 13.8 Å². The number of hydrogen-bond donors (Lipinski definition) is 1. The van der Waals surface area contributed by atoms with Crippen LogP contribution in [0.2, 0.25) is 0 Å². The maximum Gasteiger partial charge on any atom is 0.304 e. The van der Waals surface area contributed by atoms with Crippen molar-refractivity contribution in [2.75, 3.05) is 0 Å². The summed E-state index contributed by atoms with van der Waals surface area (Å²) in [7, 11) is 0. The zero-order chi connectivity index (χ0) is 12.2. The summed E-state index contributed by atoms with van der Waals surface area (Å²) in [5, 5.41) is 8.95. The summed E-state index contributed by atoms with van der Waals surface area (Å²) in [6.45, 7) is 3.94. The molecule has 0 aliphatic carbocycles. The summed E-state index contributed by atoms with van der Waals surface area (Å²) in [6, 6.07) is 6.14. The van der Waals surface area contributed by atoms with Gasteiger partial charge in [0.25, 0.3) is 0 Å². The number of carboxylic acids is 1. The van der Waals surface area contributed by atoms with Crippen LogP contribution in [0.25, 0.3) is 0 Å². The zero-order valence-corrected chi connectivity index (χ0v) is 9.66. The Morgan fingerprint density at radius 2 is 1.75 bits per heavy atom. The molecule has 2 nitrogen and oxygen atoms in total. The normalized spacial score (nSPS) is 11.4. The van der Waals surface area contributed by atoms with E-state index in [2.05, 4.69) is 0 Å². The van der Waals surface area contributed by atoms with Crippen LogP contribution in [0.3, 0.4) is 0 Å². The average Bonchev–Trinajstić information content (AvgIpc) is 2.27. The molecule has 0 aromatic heterocycles. The fourth-order valence-electron chi connectivity index (χ4n) is 2.10. The van der Waals surface area contributed by atoms with Gasteiger partial charge in [-0.15, -0.1) is 0 Å². The largest absolute Gasteiger partial charge is 0.481 e. The monoisotopic (exact) mass is 224 g/mol. The van der Waals surface area contributed by atoms with Crippen molar-refractivity contribution in [1.29, 1.82) is 0 Å². The van der Waals surface area contributed by atoms with Gasteiger partial charge >= 0.3 is 5.97 Å². The lowest BCUT2D eigenvalue weighted by Gasteiger charge is -2.30. The molecule has 0 spiro atoms. The van der Waals surface area contributed by atoms with Crippen molar-refractivity contribution >= 4 is 5.97 Å². The van der Waals surface area contributed by atoms with E-state index in [9.17, 15) is 9.18 Å². The van der Waals surface area contributed by atoms with Gasteiger partial charge in [0.05, 0.1) is 6.42 Å². The molecule has 0 saturated heterocycles. The number of halogens is 1. The summed E-state index contributed by atoms with van der Waals surface area (Å²) < 4.78 is 12.8. The van der Waals surface area contributed by atoms with Crippen molar-refractivity contribution in [2.24, 2.45) is 0 Å². The standard InChI is InChI=1S/C13H17FO2/c1-3-13(4-2,9-12(15)16)10-5-7-11(14)8-6-10/h5-8H,3-4,9H2,1-2H3,(H,15,16). The van der Waals surface area contributed by atoms with Crippen LogP contribution in [-0.2, 0) is 10.2 Å². The van der Waals surface area contributed by atoms with Crippen molar-refractivity contribution < 1.29 is 14.3 Å². The van der Waals surface area contributed by atoms with Crippen LogP contribution in [0.1, 0.15) is 38.7 Å². The van der Waals surface area contributed by atoms with E-state index in [-0.39, 0.29) is 17.7 Å². The molecule has 1 N–H and O–H groups in total. The summed E-state index contributed by atoms with van der Waals surface area (Å²) >= 11 is 0. The fraction of sp³-hybridized carbons (Fsp3) is 0.462. The summed E-state index contributed by atoms with van der Waals surface area (Å²) in [5.74, 6) is -1.10. The Labute approximate surface area is 95.1 Å². The highest BCUT2D eigenvalue weighted by Gasteiger charge is 2.31. The quantitative estimate of drug-likeness (QED) is 0.832. The minimum absolute atomic E-state index is 0.0889. The van der Waals surface area contributed by atoms with Gasteiger partial charge in [-0.25, -0.2) is 4.39 Å². The topological polar surface area (TPSA) is 37.3 Å². The van der Waals surface area contributed by atoms with Gasteiger partial charge in [0, 0.05) is 5.41 Å². The zero-order valence-electron chi connectivity index (χ0n) is 9.66. The third kappa shape index (κ3) is 2.60. The van der Waals surface area contributed by atoms with E-state index in [1.165, 1.54) is 12.1 Å². The van der Waals surface area contributed by atoms with E-state index in [0.717, 1.165) is 18.4 Å². The number of hydrogen-bond acceptors (Lipinski definition) is 1. The van der Waals surface area contributed by atoms with E-state index in [0.29, 0.717) is 0 Å². The highest BCUT2D eigenvalue weighted by atomic mass is 19.1. The summed E-state index contributed by atoms with van der Waals surface area (Å²) in [4.78, 5) is 10.9. The number of benzene rings is 1. The molecule has 88 valence electrons. The maximum absolute atomic E-state index is 12.8. The molecule has 0 saturated carbocycles. The molecule has 0 fully saturated rings. The second-order valence-electron chi connectivity index (χ2n) is 4.06. The van der Waals surface area contributed by atoms with E-state index >= 15 is 0 Å². The Kier molecular flexibility index (Phi) is 4.05. The van der Waals surface area contributed by atoms with Crippen LogP contribution in [0.4, 0.5) is 4.39 Å². The van der Waals surface area contributed by atoms with Gasteiger partial charge in [0.1, 0.15) is 5.82 Å². The maximum atomic E-state index is 12.8. The Balaban J connectivity index is 3.09. The molecular formula is C13H17FO2. The Morgan fingerprint density at radius 1 is 1.25 bits per heavy atom. The first-order valence-electron chi connectivity index (χ1n) is 5.52. The van der Waals surface area contributed by atoms with Crippen LogP contribution in [0, 0.1) is 5.82 Å². The van der Waals surface area contributed by atoms with E-state index in [4.69, 9.17) is 5.11 Å². The number of carbonyl (C=O) groups is 1. The molecule has 3 heteroatoms. The van der Waals surface area contributed by atoms with Crippen molar-refractivity contribution in [3.8, 4) is 0 Å². The number of aliphatic carboxylic acids is 1. The lowest BCUT2D eigenvalue weighted by molar-refractivity contribution is -0.138. The van der Waals surface area contributed by atoms with Gasteiger partial charge in [-0.05, 0) is 30.5 Å². The number of carboxylic acid groups (broad SMARTS) is 1. The van der Waals surface area contributed by atoms with Gasteiger partial charge in [0.2, 0.25) is 0 Å². The van der Waals surface area contributed by atoms with Gasteiger partial charge in [-0.1, -0.05) is 26.0 Å². The minimum Gasteiger partial charge on any atom is -0.481 e.